The second kappa shape index (κ2) is 8.21. The molecule has 8 heteroatoms. The summed E-state index contributed by atoms with van der Waals surface area (Å²) in [4.78, 5) is 11.9. The first-order valence-electron chi connectivity index (χ1n) is 7.65. The van der Waals surface area contributed by atoms with Gasteiger partial charge >= 0.3 is 0 Å². The lowest BCUT2D eigenvalue weighted by Crippen LogP contribution is -2.19. The van der Waals surface area contributed by atoms with E-state index in [0.717, 1.165) is 0 Å². The van der Waals surface area contributed by atoms with E-state index in [1.165, 1.54) is 23.0 Å². The van der Waals surface area contributed by atoms with Crippen LogP contribution in [0.5, 0.6) is 5.75 Å². The molecule has 0 saturated carbocycles. The number of nitrogens with one attached hydrogen (secondary N) is 1. The van der Waals surface area contributed by atoms with Gasteiger partial charge in [0.2, 0.25) is 0 Å². The molecule has 1 N–H and O–H groups in total. The van der Waals surface area contributed by atoms with Gasteiger partial charge in [-0.2, -0.15) is 5.10 Å². The topological polar surface area (TPSA) is 56.1 Å². The van der Waals surface area contributed by atoms with Gasteiger partial charge in [0.25, 0.3) is 5.91 Å². The molecule has 3 aromatic rings. The van der Waals surface area contributed by atoms with E-state index in [-0.39, 0.29) is 19.1 Å². The summed E-state index contributed by atoms with van der Waals surface area (Å²) in [5.74, 6) is -0.215. The molecule has 1 amide bonds. The van der Waals surface area contributed by atoms with Crippen LogP contribution in [0.2, 0.25) is 10.0 Å². The molecule has 134 valence electrons. The first-order valence-corrected chi connectivity index (χ1v) is 8.40. The summed E-state index contributed by atoms with van der Waals surface area (Å²) < 4.78 is 20.7. The van der Waals surface area contributed by atoms with Crippen LogP contribution in [0, 0.1) is 5.82 Å². The Morgan fingerprint density at radius 3 is 2.69 bits per heavy atom. The normalized spacial score (nSPS) is 10.6. The third-order valence-electron chi connectivity index (χ3n) is 3.48. The van der Waals surface area contributed by atoms with Crippen molar-refractivity contribution in [1.29, 1.82) is 0 Å². The molecule has 0 aliphatic carbocycles. The molecule has 0 saturated heterocycles. The highest BCUT2D eigenvalue weighted by molar-refractivity contribution is 6.31. The minimum atomic E-state index is -0.407. The van der Waals surface area contributed by atoms with Crippen molar-refractivity contribution in [3.63, 3.8) is 0 Å². The summed E-state index contributed by atoms with van der Waals surface area (Å²) in [6.07, 6.45) is 3.05. The molecule has 0 atom stereocenters. The SMILES string of the molecule is O=C(COc1ccc(Cl)cc1)Nc1cnn(Cc2c(F)cccc2Cl)c1. The van der Waals surface area contributed by atoms with Gasteiger partial charge in [0, 0.05) is 21.8 Å². The number of carbonyl (C=O) groups excluding carboxylic acids is 1. The smallest absolute Gasteiger partial charge is 0.262 e. The maximum absolute atomic E-state index is 13.8. The van der Waals surface area contributed by atoms with Crippen molar-refractivity contribution in [3.05, 3.63) is 76.3 Å². The van der Waals surface area contributed by atoms with Crippen LogP contribution in [0.1, 0.15) is 5.56 Å². The van der Waals surface area contributed by atoms with E-state index in [2.05, 4.69) is 10.4 Å². The number of anilines is 1. The molecule has 2 aromatic carbocycles. The highest BCUT2D eigenvalue weighted by atomic mass is 35.5. The zero-order chi connectivity index (χ0) is 18.5. The van der Waals surface area contributed by atoms with Crippen molar-refractivity contribution in [2.45, 2.75) is 6.54 Å². The van der Waals surface area contributed by atoms with Crippen molar-refractivity contribution in [2.24, 2.45) is 0 Å². The largest absolute Gasteiger partial charge is 0.484 e. The Bertz CT molecular complexity index is 893. The number of rotatable bonds is 6. The van der Waals surface area contributed by atoms with Gasteiger partial charge in [0.1, 0.15) is 11.6 Å². The Morgan fingerprint density at radius 2 is 1.96 bits per heavy atom. The lowest BCUT2D eigenvalue weighted by Gasteiger charge is -2.07. The second-order valence-electron chi connectivity index (χ2n) is 5.42. The summed E-state index contributed by atoms with van der Waals surface area (Å²) in [5.41, 5.74) is 0.809. The molecular formula is C18H14Cl2FN3O2. The molecule has 1 aromatic heterocycles. The molecule has 0 radical (unpaired) electrons. The Labute approximate surface area is 159 Å². The Morgan fingerprint density at radius 1 is 1.19 bits per heavy atom. The van der Waals surface area contributed by atoms with E-state index in [1.54, 1.807) is 36.5 Å². The fourth-order valence-corrected chi connectivity index (χ4v) is 2.59. The van der Waals surface area contributed by atoms with Gasteiger partial charge in [-0.3, -0.25) is 9.48 Å². The summed E-state index contributed by atoms with van der Waals surface area (Å²) in [7, 11) is 0. The third-order valence-corrected chi connectivity index (χ3v) is 4.09. The molecule has 0 bridgehead atoms. The number of nitrogens with zero attached hydrogens (tertiary/aromatic N) is 2. The highest BCUT2D eigenvalue weighted by Gasteiger charge is 2.10. The number of halogens is 3. The average molecular weight is 394 g/mol. The molecule has 3 rings (SSSR count). The fraction of sp³-hybridized carbons (Fsp3) is 0.111. The molecule has 0 aliphatic rings. The van der Waals surface area contributed by atoms with Gasteiger partial charge in [-0.1, -0.05) is 29.3 Å². The van der Waals surface area contributed by atoms with E-state index in [4.69, 9.17) is 27.9 Å². The number of hydrogen-bond donors (Lipinski definition) is 1. The summed E-state index contributed by atoms with van der Waals surface area (Å²) in [6.45, 7) is -0.00535. The predicted octanol–water partition coefficient (Wildman–Crippen LogP) is 4.39. The highest BCUT2D eigenvalue weighted by Crippen LogP contribution is 2.20. The lowest BCUT2D eigenvalue weighted by molar-refractivity contribution is -0.118. The van der Waals surface area contributed by atoms with Gasteiger partial charge in [-0.15, -0.1) is 0 Å². The van der Waals surface area contributed by atoms with Crippen LogP contribution < -0.4 is 10.1 Å². The van der Waals surface area contributed by atoms with Crippen molar-refractivity contribution >= 4 is 34.8 Å². The van der Waals surface area contributed by atoms with Crippen molar-refractivity contribution < 1.29 is 13.9 Å². The molecule has 0 spiro atoms. The molecular weight excluding hydrogens is 380 g/mol. The van der Waals surface area contributed by atoms with Crippen LogP contribution in [-0.4, -0.2) is 22.3 Å². The van der Waals surface area contributed by atoms with Crippen molar-refractivity contribution in [3.8, 4) is 5.75 Å². The molecule has 26 heavy (non-hydrogen) atoms. The Kier molecular flexibility index (Phi) is 5.75. The zero-order valence-corrected chi connectivity index (χ0v) is 15.0. The van der Waals surface area contributed by atoms with E-state index in [9.17, 15) is 9.18 Å². The van der Waals surface area contributed by atoms with Crippen LogP contribution in [0.15, 0.2) is 54.9 Å². The minimum absolute atomic E-state index is 0.155. The average Bonchev–Trinajstić information content (AvgIpc) is 3.05. The van der Waals surface area contributed by atoms with Crippen molar-refractivity contribution in [1.82, 2.24) is 9.78 Å². The molecule has 1 heterocycles. The first-order chi connectivity index (χ1) is 12.5. The number of amides is 1. The van der Waals surface area contributed by atoms with Crippen LogP contribution in [0.25, 0.3) is 0 Å². The Balaban J connectivity index is 1.56. The van der Waals surface area contributed by atoms with Gasteiger partial charge in [0.05, 0.1) is 18.4 Å². The summed E-state index contributed by atoms with van der Waals surface area (Å²) in [6, 6.07) is 11.2. The Hall–Kier alpha value is -2.57. The van der Waals surface area contributed by atoms with Crippen LogP contribution >= 0.6 is 23.2 Å². The van der Waals surface area contributed by atoms with Crippen LogP contribution in [-0.2, 0) is 11.3 Å². The van der Waals surface area contributed by atoms with Gasteiger partial charge in [-0.05, 0) is 36.4 Å². The van der Waals surface area contributed by atoms with E-state index in [1.807, 2.05) is 0 Å². The number of ether oxygens (including phenoxy) is 1. The summed E-state index contributed by atoms with van der Waals surface area (Å²) in [5, 5.41) is 7.66. The number of carbonyl (C=O) groups is 1. The maximum Gasteiger partial charge on any atom is 0.262 e. The van der Waals surface area contributed by atoms with Crippen LogP contribution in [0.4, 0.5) is 10.1 Å². The second-order valence-corrected chi connectivity index (χ2v) is 6.26. The molecule has 0 unspecified atom stereocenters. The van der Waals surface area contributed by atoms with Gasteiger partial charge in [-0.25, -0.2) is 4.39 Å². The van der Waals surface area contributed by atoms with Crippen LogP contribution in [0.3, 0.4) is 0 Å². The van der Waals surface area contributed by atoms with E-state index in [0.29, 0.717) is 27.0 Å². The fourth-order valence-electron chi connectivity index (χ4n) is 2.24. The maximum atomic E-state index is 13.8. The van der Waals surface area contributed by atoms with Gasteiger partial charge in [0.15, 0.2) is 6.61 Å². The number of benzene rings is 2. The number of hydrogen-bond acceptors (Lipinski definition) is 3. The monoisotopic (exact) mass is 393 g/mol. The first kappa shape index (κ1) is 18.2. The molecule has 0 aliphatic heterocycles. The van der Waals surface area contributed by atoms with Crippen molar-refractivity contribution in [2.75, 3.05) is 11.9 Å². The standard InChI is InChI=1S/C18H14Cl2FN3O2/c19-12-4-6-14(7-5-12)26-11-18(25)23-13-8-22-24(9-13)10-15-16(20)2-1-3-17(15)21/h1-9H,10-11H2,(H,23,25). The summed E-state index contributed by atoms with van der Waals surface area (Å²) >= 11 is 11.8. The predicted molar refractivity (Wildman–Crippen MR) is 98.3 cm³/mol. The number of aromatic nitrogens is 2. The van der Waals surface area contributed by atoms with Gasteiger partial charge < -0.3 is 10.1 Å². The lowest BCUT2D eigenvalue weighted by atomic mass is 10.2. The zero-order valence-electron chi connectivity index (χ0n) is 13.5. The molecule has 0 fully saturated rings. The van der Waals surface area contributed by atoms with E-state index < -0.39 is 5.82 Å². The third kappa shape index (κ3) is 4.74. The molecule has 5 nitrogen and oxygen atoms in total. The quantitative estimate of drug-likeness (QED) is 0.675. The minimum Gasteiger partial charge on any atom is -0.484 e. The van der Waals surface area contributed by atoms with E-state index >= 15 is 0 Å².